The number of nitrogens with one attached hydrogen (secondary N) is 1. The minimum atomic E-state index is -0.802. The molecule has 0 spiro atoms. The van der Waals surface area contributed by atoms with Gasteiger partial charge in [0.2, 0.25) is 5.91 Å². The second-order valence-electron chi connectivity index (χ2n) is 8.38. The summed E-state index contributed by atoms with van der Waals surface area (Å²) in [6, 6.07) is 16.8. The van der Waals surface area contributed by atoms with Gasteiger partial charge in [-0.05, 0) is 48.4 Å². The van der Waals surface area contributed by atoms with Crippen LogP contribution in [-0.2, 0) is 32.1 Å². The summed E-state index contributed by atoms with van der Waals surface area (Å²) < 4.78 is 16.1. The van der Waals surface area contributed by atoms with Crippen LogP contribution in [0.25, 0.3) is 0 Å². The molecule has 0 bridgehead atoms. The van der Waals surface area contributed by atoms with Gasteiger partial charge in [-0.1, -0.05) is 18.2 Å². The lowest BCUT2D eigenvalue weighted by molar-refractivity contribution is -0.384. The molecule has 192 valence electrons. The molecular weight excluding hydrogens is 482 g/mol. The molecule has 2 amide bonds. The summed E-state index contributed by atoms with van der Waals surface area (Å²) in [4.78, 5) is 49.3. The zero-order valence-electron chi connectivity index (χ0n) is 19.8. The molecule has 0 radical (unpaired) electrons. The summed E-state index contributed by atoms with van der Waals surface area (Å²) in [7, 11) is 0. The van der Waals surface area contributed by atoms with Crippen LogP contribution in [0.5, 0.6) is 5.75 Å². The number of likely N-dealkylation sites (tertiary alicyclic amines) is 1. The number of non-ortho nitro benzene ring substituents is 1. The largest absolute Gasteiger partial charge is 0.484 e. The van der Waals surface area contributed by atoms with Crippen LogP contribution in [0.2, 0.25) is 0 Å². The Labute approximate surface area is 212 Å². The number of furan rings is 1. The van der Waals surface area contributed by atoms with Gasteiger partial charge in [-0.25, -0.2) is 0 Å². The number of para-hydroxylation sites is 1. The van der Waals surface area contributed by atoms with Gasteiger partial charge in [-0.2, -0.15) is 0 Å². The molecule has 2 aromatic carbocycles. The van der Waals surface area contributed by atoms with E-state index in [0.29, 0.717) is 24.2 Å². The molecule has 1 aliphatic rings. The Kier molecular flexibility index (Phi) is 8.14. The molecular formula is C26H25N3O8. The fourth-order valence-corrected chi connectivity index (χ4v) is 3.97. The topological polar surface area (TPSA) is 141 Å². The summed E-state index contributed by atoms with van der Waals surface area (Å²) in [5, 5.41) is 13.5. The van der Waals surface area contributed by atoms with Crippen LogP contribution in [0.3, 0.4) is 0 Å². The van der Waals surface area contributed by atoms with E-state index < -0.39 is 34.8 Å². The number of ether oxygens (including phenoxy) is 2. The molecule has 1 N–H and O–H groups in total. The molecule has 1 aliphatic heterocycles. The molecule has 11 heteroatoms. The van der Waals surface area contributed by atoms with E-state index in [1.54, 1.807) is 36.6 Å². The van der Waals surface area contributed by atoms with Gasteiger partial charge in [-0.3, -0.25) is 24.5 Å². The Balaban J connectivity index is 1.32. The lowest BCUT2D eigenvalue weighted by atomic mass is 9.90. The maximum Gasteiger partial charge on any atom is 0.325 e. The normalized spacial score (nSPS) is 16.5. The minimum absolute atomic E-state index is 0.0668. The maximum absolute atomic E-state index is 12.8. The average Bonchev–Trinajstić information content (AvgIpc) is 3.43. The third kappa shape index (κ3) is 6.72. The molecule has 1 aromatic heterocycles. The van der Waals surface area contributed by atoms with Crippen LogP contribution in [0.15, 0.2) is 77.4 Å². The van der Waals surface area contributed by atoms with Crippen molar-refractivity contribution in [1.82, 2.24) is 10.2 Å². The molecule has 4 rings (SSSR count). The third-order valence-electron chi connectivity index (χ3n) is 5.88. The number of aryl methyl sites for hydroxylation is 1. The van der Waals surface area contributed by atoms with Crippen LogP contribution >= 0.6 is 0 Å². The third-order valence-corrected chi connectivity index (χ3v) is 5.88. The van der Waals surface area contributed by atoms with Crippen molar-refractivity contribution in [3.63, 3.8) is 0 Å². The van der Waals surface area contributed by atoms with Crippen LogP contribution in [0.1, 0.15) is 17.7 Å². The predicted octanol–water partition coefficient (Wildman–Crippen LogP) is 2.64. The summed E-state index contributed by atoms with van der Waals surface area (Å²) >= 11 is 0. The molecule has 0 aliphatic carbocycles. The van der Waals surface area contributed by atoms with E-state index in [-0.39, 0.29) is 25.4 Å². The Hall–Kier alpha value is -4.67. The van der Waals surface area contributed by atoms with Gasteiger partial charge >= 0.3 is 5.97 Å². The van der Waals surface area contributed by atoms with E-state index in [4.69, 9.17) is 13.9 Å². The number of benzene rings is 2. The van der Waals surface area contributed by atoms with Crippen molar-refractivity contribution in [2.75, 3.05) is 13.2 Å². The monoisotopic (exact) mass is 507 g/mol. The highest BCUT2D eigenvalue weighted by Crippen LogP contribution is 2.25. The molecule has 0 unspecified atom stereocenters. The van der Waals surface area contributed by atoms with Crippen molar-refractivity contribution in [3.05, 3.63) is 94.4 Å². The molecule has 1 fully saturated rings. The number of nitrogens with zero attached hydrogens (tertiary/aromatic N) is 2. The molecule has 1 saturated heterocycles. The van der Waals surface area contributed by atoms with Crippen molar-refractivity contribution in [2.45, 2.75) is 31.5 Å². The van der Waals surface area contributed by atoms with E-state index >= 15 is 0 Å². The number of esters is 1. The van der Waals surface area contributed by atoms with E-state index in [2.05, 4.69) is 5.32 Å². The highest BCUT2D eigenvalue weighted by Gasteiger charge is 2.48. The first-order chi connectivity index (χ1) is 17.9. The fraction of sp³-hybridized carbons (Fsp3) is 0.269. The lowest BCUT2D eigenvalue weighted by Gasteiger charge is -2.46. The van der Waals surface area contributed by atoms with Crippen LogP contribution in [0, 0.1) is 10.1 Å². The van der Waals surface area contributed by atoms with Gasteiger partial charge in [0.05, 0.1) is 17.2 Å². The number of amides is 2. The second-order valence-corrected chi connectivity index (χ2v) is 8.38. The number of β-lactam (4-membered cyclic amide) rings is 1. The minimum Gasteiger partial charge on any atom is -0.484 e. The van der Waals surface area contributed by atoms with E-state index in [0.717, 1.165) is 5.76 Å². The highest BCUT2D eigenvalue weighted by atomic mass is 16.6. The van der Waals surface area contributed by atoms with Gasteiger partial charge in [0.1, 0.15) is 30.7 Å². The zero-order valence-corrected chi connectivity index (χ0v) is 19.8. The molecule has 37 heavy (non-hydrogen) atoms. The average molecular weight is 507 g/mol. The van der Waals surface area contributed by atoms with Crippen molar-refractivity contribution in [2.24, 2.45) is 0 Å². The van der Waals surface area contributed by atoms with E-state index in [1.807, 2.05) is 12.1 Å². The summed E-state index contributed by atoms with van der Waals surface area (Å²) in [5.74, 6) is -0.232. The van der Waals surface area contributed by atoms with Crippen molar-refractivity contribution in [1.29, 1.82) is 0 Å². The van der Waals surface area contributed by atoms with Gasteiger partial charge in [0.25, 0.3) is 11.6 Å². The summed E-state index contributed by atoms with van der Waals surface area (Å²) in [6.07, 6.45) is 2.51. The van der Waals surface area contributed by atoms with Gasteiger partial charge in [0, 0.05) is 18.6 Å². The standard InChI is InChI=1S/C26H25N3O8/c30-23(17-36-20-5-2-1-3-6-20)27-25-22(13-12-21-7-4-14-35-21)28(26(25)32)15-24(31)37-16-18-8-10-19(11-9-18)29(33)34/h1-11,14,22,25H,12-13,15-17H2,(H,27,30)/t22-,25+/m0/s1. The first-order valence-corrected chi connectivity index (χ1v) is 11.6. The quantitative estimate of drug-likeness (QED) is 0.171. The zero-order chi connectivity index (χ0) is 26.2. The summed E-state index contributed by atoms with van der Waals surface area (Å²) in [5.41, 5.74) is 0.509. The Morgan fingerprint density at radius 3 is 2.49 bits per heavy atom. The molecule has 2 heterocycles. The molecule has 2 atom stereocenters. The highest BCUT2D eigenvalue weighted by molar-refractivity contribution is 5.95. The lowest BCUT2D eigenvalue weighted by Crippen LogP contribution is -2.71. The Bertz CT molecular complexity index is 1230. The number of rotatable bonds is 12. The second kappa shape index (κ2) is 11.8. The van der Waals surface area contributed by atoms with Gasteiger partial charge in [0.15, 0.2) is 6.61 Å². The smallest absolute Gasteiger partial charge is 0.325 e. The first-order valence-electron chi connectivity index (χ1n) is 11.6. The van der Waals surface area contributed by atoms with Crippen molar-refractivity contribution in [3.8, 4) is 5.75 Å². The number of nitro groups is 1. The number of carbonyl (C=O) groups is 3. The van der Waals surface area contributed by atoms with Gasteiger partial charge < -0.3 is 24.1 Å². The van der Waals surface area contributed by atoms with Crippen molar-refractivity contribution >= 4 is 23.5 Å². The number of hydrogen-bond acceptors (Lipinski definition) is 8. The Morgan fingerprint density at radius 1 is 1.05 bits per heavy atom. The van der Waals surface area contributed by atoms with E-state index in [9.17, 15) is 24.5 Å². The summed E-state index contributed by atoms with van der Waals surface area (Å²) in [6.45, 7) is -0.635. The van der Waals surface area contributed by atoms with Crippen LogP contribution < -0.4 is 10.1 Å². The van der Waals surface area contributed by atoms with Crippen LogP contribution in [0.4, 0.5) is 5.69 Å². The van der Waals surface area contributed by atoms with E-state index in [1.165, 1.54) is 29.2 Å². The molecule has 11 nitrogen and oxygen atoms in total. The number of carbonyl (C=O) groups excluding carboxylic acids is 3. The number of hydrogen-bond donors (Lipinski definition) is 1. The first kappa shape index (κ1) is 25.4. The molecule has 3 aromatic rings. The predicted molar refractivity (Wildman–Crippen MR) is 129 cm³/mol. The van der Waals surface area contributed by atoms with Crippen molar-refractivity contribution < 1.29 is 33.2 Å². The van der Waals surface area contributed by atoms with Crippen LogP contribution in [-0.4, -0.2) is 52.8 Å². The SMILES string of the molecule is O=C(COc1ccccc1)N[C@H]1C(=O)N(CC(=O)OCc2ccc([N+](=O)[O-])cc2)[C@H]1CCc1ccco1. The Morgan fingerprint density at radius 2 is 1.81 bits per heavy atom. The molecule has 0 saturated carbocycles. The fourth-order valence-electron chi connectivity index (χ4n) is 3.97. The van der Waals surface area contributed by atoms with Gasteiger partial charge in [-0.15, -0.1) is 0 Å². The maximum atomic E-state index is 12.8. The number of nitro benzene ring substituents is 1.